The molecule has 0 saturated carbocycles. The highest BCUT2D eigenvalue weighted by Gasteiger charge is 2.35. The Labute approximate surface area is 279 Å². The Morgan fingerprint density at radius 3 is 2.04 bits per heavy atom. The van der Waals surface area contributed by atoms with Crippen LogP contribution in [-0.4, -0.2) is 59.0 Å². The number of aryl methyl sites for hydroxylation is 2. The molecular formula is C35H38BrN3O6S. The molecule has 4 aromatic carbocycles. The summed E-state index contributed by atoms with van der Waals surface area (Å²) in [6, 6.07) is 25.6. The smallest absolute Gasteiger partial charge is 0.264 e. The summed E-state index contributed by atoms with van der Waals surface area (Å²) < 4.78 is 41.5. The van der Waals surface area contributed by atoms with Gasteiger partial charge < -0.3 is 19.7 Å². The minimum Gasteiger partial charge on any atom is -0.493 e. The average molecular weight is 709 g/mol. The maximum absolute atomic E-state index is 14.5. The number of likely N-dealkylation sites (N-methyl/N-ethyl adjacent to an activating group) is 1. The van der Waals surface area contributed by atoms with Crippen molar-refractivity contribution in [3.8, 4) is 11.5 Å². The van der Waals surface area contributed by atoms with Crippen molar-refractivity contribution in [1.82, 2.24) is 10.2 Å². The molecule has 0 saturated heterocycles. The minimum absolute atomic E-state index is 0.0775. The molecule has 2 amide bonds. The quantitative estimate of drug-likeness (QED) is 0.192. The van der Waals surface area contributed by atoms with Gasteiger partial charge in [-0.05, 0) is 72.5 Å². The van der Waals surface area contributed by atoms with Crippen molar-refractivity contribution < 1.29 is 27.5 Å². The molecule has 0 fully saturated rings. The number of amides is 2. The van der Waals surface area contributed by atoms with Crippen LogP contribution in [-0.2, 0) is 32.6 Å². The molecule has 4 rings (SSSR count). The molecule has 0 aromatic heterocycles. The van der Waals surface area contributed by atoms with Crippen LogP contribution >= 0.6 is 15.9 Å². The molecule has 0 heterocycles. The van der Waals surface area contributed by atoms with Gasteiger partial charge in [0, 0.05) is 30.6 Å². The maximum atomic E-state index is 14.5. The Bertz CT molecular complexity index is 1760. The summed E-state index contributed by atoms with van der Waals surface area (Å²) in [5, 5.41) is 2.70. The highest BCUT2D eigenvalue weighted by atomic mass is 79.9. The molecule has 46 heavy (non-hydrogen) atoms. The molecule has 1 unspecified atom stereocenters. The highest BCUT2D eigenvalue weighted by molar-refractivity contribution is 9.10. The van der Waals surface area contributed by atoms with Crippen LogP contribution in [0.1, 0.15) is 22.3 Å². The van der Waals surface area contributed by atoms with Gasteiger partial charge in [0.25, 0.3) is 10.0 Å². The first-order valence-corrected chi connectivity index (χ1v) is 16.8. The predicted octanol–water partition coefficient (Wildman–Crippen LogP) is 5.66. The van der Waals surface area contributed by atoms with E-state index in [-0.39, 0.29) is 29.5 Å². The van der Waals surface area contributed by atoms with Crippen LogP contribution in [0.3, 0.4) is 0 Å². The van der Waals surface area contributed by atoms with E-state index >= 15 is 0 Å². The standard InChI is InChI=1S/C35H38BrN3O6S/c1-24-17-25(2)19-29(18-24)39(46(42,43)30-15-16-32(44-4)33(21-30)45-5)23-34(40)38(22-27-11-13-28(36)14-12-27)31(35(41)37-3)20-26-9-7-6-8-10-26/h6-19,21,31H,20,22-23H2,1-5H3,(H,37,41). The molecule has 4 aromatic rings. The Morgan fingerprint density at radius 1 is 0.826 bits per heavy atom. The molecule has 0 aliphatic carbocycles. The van der Waals surface area contributed by atoms with E-state index in [4.69, 9.17) is 9.47 Å². The molecule has 1 atom stereocenters. The largest absolute Gasteiger partial charge is 0.493 e. The van der Waals surface area contributed by atoms with Crippen LogP contribution in [0.2, 0.25) is 0 Å². The molecule has 0 aliphatic heterocycles. The molecular weight excluding hydrogens is 670 g/mol. The van der Waals surface area contributed by atoms with Gasteiger partial charge in [0.05, 0.1) is 24.8 Å². The van der Waals surface area contributed by atoms with Gasteiger partial charge in [-0.2, -0.15) is 0 Å². The summed E-state index contributed by atoms with van der Waals surface area (Å²) in [6.07, 6.45) is 0.231. The van der Waals surface area contributed by atoms with Gasteiger partial charge in [-0.15, -0.1) is 0 Å². The number of halogens is 1. The van der Waals surface area contributed by atoms with E-state index in [0.29, 0.717) is 11.4 Å². The fraction of sp³-hybridized carbons (Fsp3) is 0.257. The summed E-state index contributed by atoms with van der Waals surface area (Å²) in [5.41, 5.74) is 3.61. The number of carbonyl (C=O) groups excluding carboxylic acids is 2. The van der Waals surface area contributed by atoms with Crippen molar-refractivity contribution in [1.29, 1.82) is 0 Å². The van der Waals surface area contributed by atoms with Crippen LogP contribution in [0.25, 0.3) is 0 Å². The molecule has 242 valence electrons. The third-order valence-electron chi connectivity index (χ3n) is 7.50. The Balaban J connectivity index is 1.83. The zero-order chi connectivity index (χ0) is 33.4. The second-order valence-electron chi connectivity index (χ2n) is 10.8. The molecule has 9 nitrogen and oxygen atoms in total. The Kier molecular flexibility index (Phi) is 11.5. The second kappa shape index (κ2) is 15.3. The van der Waals surface area contributed by atoms with Crippen molar-refractivity contribution in [2.75, 3.05) is 32.1 Å². The Hall–Kier alpha value is -4.35. The third kappa shape index (κ3) is 8.27. The number of rotatable bonds is 13. The van der Waals surface area contributed by atoms with Crippen molar-refractivity contribution in [2.45, 2.75) is 37.8 Å². The number of nitrogens with zero attached hydrogens (tertiary/aromatic N) is 2. The van der Waals surface area contributed by atoms with E-state index in [1.54, 1.807) is 12.1 Å². The molecule has 0 radical (unpaired) electrons. The number of hydrogen-bond donors (Lipinski definition) is 1. The lowest BCUT2D eigenvalue weighted by molar-refractivity contribution is -0.139. The van der Waals surface area contributed by atoms with E-state index in [1.165, 1.54) is 44.4 Å². The van der Waals surface area contributed by atoms with E-state index in [2.05, 4.69) is 21.2 Å². The number of ether oxygens (including phenoxy) is 2. The van der Waals surface area contributed by atoms with Crippen LogP contribution < -0.4 is 19.1 Å². The molecule has 0 aliphatic rings. The SMILES string of the molecule is CNC(=O)C(Cc1ccccc1)N(Cc1ccc(Br)cc1)C(=O)CN(c1cc(C)cc(C)c1)S(=O)(=O)c1ccc(OC)c(OC)c1. The van der Waals surface area contributed by atoms with Crippen LogP contribution in [0.4, 0.5) is 5.69 Å². The number of methoxy groups -OCH3 is 2. The van der Waals surface area contributed by atoms with Crippen molar-refractivity contribution in [3.05, 3.63) is 118 Å². The monoisotopic (exact) mass is 707 g/mol. The zero-order valence-electron chi connectivity index (χ0n) is 26.5. The van der Waals surface area contributed by atoms with Gasteiger partial charge in [0.1, 0.15) is 12.6 Å². The van der Waals surface area contributed by atoms with Gasteiger partial charge in [-0.1, -0.05) is 64.5 Å². The van der Waals surface area contributed by atoms with Crippen molar-refractivity contribution >= 4 is 43.5 Å². The lowest BCUT2D eigenvalue weighted by Crippen LogP contribution is -2.53. The normalized spacial score (nSPS) is 11.8. The second-order valence-corrected chi connectivity index (χ2v) is 13.6. The van der Waals surface area contributed by atoms with Crippen molar-refractivity contribution in [2.24, 2.45) is 0 Å². The lowest BCUT2D eigenvalue weighted by atomic mass is 10.0. The lowest BCUT2D eigenvalue weighted by Gasteiger charge is -2.33. The average Bonchev–Trinajstić information content (AvgIpc) is 3.05. The number of hydrogen-bond acceptors (Lipinski definition) is 6. The number of carbonyl (C=O) groups is 2. The highest BCUT2D eigenvalue weighted by Crippen LogP contribution is 2.33. The van der Waals surface area contributed by atoms with Gasteiger partial charge in [-0.3, -0.25) is 13.9 Å². The summed E-state index contributed by atoms with van der Waals surface area (Å²) >= 11 is 3.45. The zero-order valence-corrected chi connectivity index (χ0v) is 28.9. The summed E-state index contributed by atoms with van der Waals surface area (Å²) in [5.74, 6) is -0.314. The topological polar surface area (TPSA) is 105 Å². The van der Waals surface area contributed by atoms with E-state index in [1.807, 2.05) is 74.5 Å². The van der Waals surface area contributed by atoms with Gasteiger partial charge in [0.15, 0.2) is 11.5 Å². The summed E-state index contributed by atoms with van der Waals surface area (Å²) in [4.78, 5) is 29.3. The Morgan fingerprint density at radius 2 is 1.46 bits per heavy atom. The van der Waals surface area contributed by atoms with Crippen LogP contribution in [0.5, 0.6) is 11.5 Å². The first-order chi connectivity index (χ1) is 22.0. The summed E-state index contributed by atoms with van der Waals surface area (Å²) in [6.45, 7) is 3.24. The van der Waals surface area contributed by atoms with E-state index in [9.17, 15) is 18.0 Å². The molecule has 1 N–H and O–H groups in total. The fourth-order valence-electron chi connectivity index (χ4n) is 5.23. The number of nitrogens with one attached hydrogen (secondary N) is 1. The fourth-order valence-corrected chi connectivity index (χ4v) is 6.91. The van der Waals surface area contributed by atoms with Crippen molar-refractivity contribution in [3.63, 3.8) is 0 Å². The number of benzene rings is 4. The first kappa shape index (κ1) is 34.5. The maximum Gasteiger partial charge on any atom is 0.264 e. The summed E-state index contributed by atoms with van der Waals surface area (Å²) in [7, 11) is 0.0856. The number of anilines is 1. The molecule has 0 spiro atoms. The first-order valence-electron chi connectivity index (χ1n) is 14.6. The van der Waals surface area contributed by atoms with Gasteiger partial charge >= 0.3 is 0 Å². The molecule has 11 heteroatoms. The van der Waals surface area contributed by atoms with Gasteiger partial charge in [-0.25, -0.2) is 8.42 Å². The van der Waals surface area contributed by atoms with Gasteiger partial charge in [0.2, 0.25) is 11.8 Å². The third-order valence-corrected chi connectivity index (χ3v) is 9.80. The predicted molar refractivity (Wildman–Crippen MR) is 183 cm³/mol. The minimum atomic E-state index is -4.32. The van der Waals surface area contributed by atoms with Crippen LogP contribution in [0.15, 0.2) is 100 Å². The van der Waals surface area contributed by atoms with E-state index < -0.39 is 28.5 Å². The van der Waals surface area contributed by atoms with Crippen LogP contribution in [0, 0.1) is 13.8 Å². The number of sulfonamides is 1. The molecule has 0 bridgehead atoms. The van der Waals surface area contributed by atoms with E-state index in [0.717, 1.165) is 31.0 Å².